The van der Waals surface area contributed by atoms with E-state index in [1.807, 2.05) is 4.68 Å². The van der Waals surface area contributed by atoms with Crippen LogP contribution in [0, 0.1) is 0 Å². The largest absolute Gasteiger partial charge is 0.382 e. The summed E-state index contributed by atoms with van der Waals surface area (Å²) >= 11 is 0. The molecular formula is C14H23N7O. The molecule has 0 bridgehead atoms. The highest BCUT2D eigenvalue weighted by molar-refractivity contribution is 5.09. The van der Waals surface area contributed by atoms with Crippen LogP contribution >= 0.6 is 0 Å². The summed E-state index contributed by atoms with van der Waals surface area (Å²) in [4.78, 5) is 6.58. The number of aromatic amines is 1. The van der Waals surface area contributed by atoms with Crippen molar-refractivity contribution in [3.63, 3.8) is 0 Å². The third-order valence-corrected chi connectivity index (χ3v) is 4.06. The highest BCUT2D eigenvalue weighted by atomic mass is 16.3. The zero-order chi connectivity index (χ0) is 15.8. The maximum Gasteiger partial charge on any atom is 0.141 e. The van der Waals surface area contributed by atoms with Gasteiger partial charge in [0.15, 0.2) is 0 Å². The van der Waals surface area contributed by atoms with E-state index in [1.165, 1.54) is 0 Å². The number of aromatic nitrogens is 6. The Morgan fingerprint density at radius 2 is 2.23 bits per heavy atom. The molecule has 3 rings (SSSR count). The summed E-state index contributed by atoms with van der Waals surface area (Å²) in [5.41, 5.74) is -0.448. The van der Waals surface area contributed by atoms with Crippen molar-refractivity contribution >= 4 is 0 Å². The van der Waals surface area contributed by atoms with Crippen LogP contribution in [-0.2, 0) is 17.7 Å². The van der Waals surface area contributed by atoms with Gasteiger partial charge in [0.05, 0.1) is 18.3 Å². The minimum absolute atomic E-state index is 0.107. The normalized spacial score (nSPS) is 23.8. The molecule has 3 heterocycles. The highest BCUT2D eigenvalue weighted by Gasteiger charge is 2.37. The molecule has 22 heavy (non-hydrogen) atoms. The maximum absolute atomic E-state index is 10.9. The summed E-state index contributed by atoms with van der Waals surface area (Å²) in [6.07, 6.45) is 4.80. The molecule has 0 aliphatic carbocycles. The second-order valence-corrected chi connectivity index (χ2v) is 6.96. The Morgan fingerprint density at radius 1 is 1.41 bits per heavy atom. The lowest BCUT2D eigenvalue weighted by Crippen LogP contribution is -2.46. The van der Waals surface area contributed by atoms with Crippen molar-refractivity contribution in [3.8, 4) is 0 Å². The minimum Gasteiger partial charge on any atom is -0.382 e. The number of H-pyrrole nitrogens is 1. The summed E-state index contributed by atoms with van der Waals surface area (Å²) in [7, 11) is 0. The predicted molar refractivity (Wildman–Crippen MR) is 79.8 cm³/mol. The molecule has 2 N–H and O–H groups in total. The number of aliphatic hydroxyl groups is 1. The molecule has 1 aliphatic rings. The smallest absolute Gasteiger partial charge is 0.141 e. The van der Waals surface area contributed by atoms with Crippen LogP contribution < -0.4 is 0 Å². The fourth-order valence-corrected chi connectivity index (χ4v) is 3.03. The molecule has 0 saturated carbocycles. The van der Waals surface area contributed by atoms with Crippen LogP contribution in [0.15, 0.2) is 12.5 Å². The molecule has 0 amide bonds. The molecule has 1 saturated heterocycles. The molecule has 0 unspecified atom stereocenters. The lowest BCUT2D eigenvalue weighted by molar-refractivity contribution is -0.0425. The number of rotatable bonds is 3. The first-order valence-corrected chi connectivity index (χ1v) is 7.59. The quantitative estimate of drug-likeness (QED) is 0.864. The van der Waals surface area contributed by atoms with Crippen molar-refractivity contribution in [1.82, 2.24) is 35.1 Å². The van der Waals surface area contributed by atoms with Gasteiger partial charge in [0.2, 0.25) is 0 Å². The van der Waals surface area contributed by atoms with Crippen LogP contribution in [-0.4, -0.2) is 53.3 Å². The maximum atomic E-state index is 10.9. The van der Waals surface area contributed by atoms with Gasteiger partial charge in [-0.1, -0.05) is 0 Å². The third kappa shape index (κ3) is 2.89. The molecule has 1 aliphatic heterocycles. The van der Waals surface area contributed by atoms with Crippen LogP contribution in [0.1, 0.15) is 45.1 Å². The van der Waals surface area contributed by atoms with Crippen molar-refractivity contribution in [2.24, 2.45) is 0 Å². The average molecular weight is 305 g/mol. The van der Waals surface area contributed by atoms with E-state index >= 15 is 0 Å². The number of nitrogens with zero attached hydrogens (tertiary/aromatic N) is 6. The van der Waals surface area contributed by atoms with E-state index in [1.54, 1.807) is 12.5 Å². The first-order chi connectivity index (χ1) is 10.4. The second kappa shape index (κ2) is 5.44. The fraction of sp³-hybridized carbons (Fsp3) is 0.714. The molecule has 8 heteroatoms. The van der Waals surface area contributed by atoms with Crippen LogP contribution in [0.25, 0.3) is 0 Å². The number of likely N-dealkylation sites (tertiary alicyclic amines) is 1. The van der Waals surface area contributed by atoms with Gasteiger partial charge in [-0.05, 0) is 40.2 Å². The molecule has 2 aromatic rings. The van der Waals surface area contributed by atoms with E-state index in [2.05, 4.69) is 51.2 Å². The molecule has 0 aromatic carbocycles. The van der Waals surface area contributed by atoms with Gasteiger partial charge in [0.25, 0.3) is 0 Å². The molecule has 2 aromatic heterocycles. The van der Waals surface area contributed by atoms with Gasteiger partial charge in [-0.15, -0.1) is 0 Å². The van der Waals surface area contributed by atoms with E-state index in [0.717, 1.165) is 18.8 Å². The summed E-state index contributed by atoms with van der Waals surface area (Å²) in [5, 5.41) is 25.6. The van der Waals surface area contributed by atoms with Crippen LogP contribution in [0.4, 0.5) is 0 Å². The van der Waals surface area contributed by atoms with Gasteiger partial charge in [-0.2, -0.15) is 20.5 Å². The van der Waals surface area contributed by atoms with Crippen molar-refractivity contribution in [3.05, 3.63) is 24.0 Å². The minimum atomic E-state index is -0.947. The van der Waals surface area contributed by atoms with Crippen molar-refractivity contribution in [2.75, 3.05) is 13.1 Å². The second-order valence-electron chi connectivity index (χ2n) is 6.96. The lowest BCUT2D eigenvalue weighted by Gasteiger charge is -2.38. The van der Waals surface area contributed by atoms with E-state index in [0.29, 0.717) is 25.2 Å². The van der Waals surface area contributed by atoms with Gasteiger partial charge < -0.3 is 5.11 Å². The summed E-state index contributed by atoms with van der Waals surface area (Å²) < 4.78 is 1.94. The summed E-state index contributed by atoms with van der Waals surface area (Å²) in [6.45, 7) is 8.43. The first-order valence-electron chi connectivity index (χ1n) is 7.59. The van der Waals surface area contributed by atoms with Crippen molar-refractivity contribution in [2.45, 2.75) is 51.3 Å². The Kier molecular flexibility index (Phi) is 3.73. The van der Waals surface area contributed by atoms with Gasteiger partial charge in [-0.3, -0.25) is 4.90 Å². The Hall–Kier alpha value is -1.80. The van der Waals surface area contributed by atoms with E-state index in [-0.39, 0.29) is 5.54 Å². The number of hydrogen-bond acceptors (Lipinski definition) is 6. The van der Waals surface area contributed by atoms with Gasteiger partial charge in [-0.25, -0.2) is 9.67 Å². The summed E-state index contributed by atoms with van der Waals surface area (Å²) in [5.74, 6) is 0.914. The van der Waals surface area contributed by atoms with Crippen LogP contribution in [0.3, 0.4) is 0 Å². The van der Waals surface area contributed by atoms with E-state index < -0.39 is 5.60 Å². The average Bonchev–Trinajstić information content (AvgIpc) is 3.09. The van der Waals surface area contributed by atoms with Crippen molar-refractivity contribution < 1.29 is 5.11 Å². The predicted octanol–water partition coefficient (Wildman–Crippen LogP) is 0.635. The molecule has 0 radical (unpaired) electrons. The molecule has 1 fully saturated rings. The van der Waals surface area contributed by atoms with E-state index in [9.17, 15) is 5.11 Å². The monoisotopic (exact) mass is 305 g/mol. The molecular weight excluding hydrogens is 282 g/mol. The van der Waals surface area contributed by atoms with Crippen LogP contribution in [0.5, 0.6) is 0 Å². The van der Waals surface area contributed by atoms with Crippen LogP contribution in [0.2, 0.25) is 0 Å². The number of hydrogen-bond donors (Lipinski definition) is 2. The Bertz CT molecular complexity index is 615. The lowest BCUT2D eigenvalue weighted by atomic mass is 9.90. The molecule has 8 nitrogen and oxygen atoms in total. The molecule has 1 atom stereocenters. The highest BCUT2D eigenvalue weighted by Crippen LogP contribution is 2.30. The first kappa shape index (κ1) is 15.1. The zero-order valence-electron chi connectivity index (χ0n) is 13.3. The zero-order valence-corrected chi connectivity index (χ0v) is 13.3. The Balaban J connectivity index is 1.75. The van der Waals surface area contributed by atoms with Crippen molar-refractivity contribution in [1.29, 1.82) is 0 Å². The number of nitrogens with one attached hydrogen (secondary N) is 1. The Labute approximate surface area is 129 Å². The SMILES string of the molecule is CC(C)(C)n1ncnc1CN1CCC[C@](O)(c2cn[nH]n2)C1. The molecule has 0 spiro atoms. The van der Waals surface area contributed by atoms with Gasteiger partial charge >= 0.3 is 0 Å². The standard InChI is InChI=1S/C14H23N7O/c1-13(2,3)21-12(15-10-17-21)8-20-6-4-5-14(22,9-20)11-7-16-19-18-11/h7,10,22H,4-6,8-9H2,1-3H3,(H,16,18,19)/t14-/m1/s1. The summed E-state index contributed by atoms with van der Waals surface area (Å²) in [6, 6.07) is 0. The number of β-amino-alcohol motifs (C(OH)–C–C–N with tert-alkyl or cyclic N) is 1. The Morgan fingerprint density at radius 3 is 2.91 bits per heavy atom. The topological polar surface area (TPSA) is 95.8 Å². The fourth-order valence-electron chi connectivity index (χ4n) is 3.03. The van der Waals surface area contributed by atoms with Gasteiger partial charge in [0.1, 0.15) is 23.4 Å². The van der Waals surface area contributed by atoms with E-state index in [4.69, 9.17) is 0 Å². The molecule has 120 valence electrons. The number of piperidine rings is 1. The third-order valence-electron chi connectivity index (χ3n) is 4.06. The van der Waals surface area contributed by atoms with Gasteiger partial charge in [0, 0.05) is 6.54 Å².